The Morgan fingerprint density at radius 2 is 1.78 bits per heavy atom. The monoisotopic (exact) mass is 483 g/mol. The Morgan fingerprint density at radius 3 is 2.56 bits per heavy atom. The molecule has 1 aliphatic heterocycles. The second-order valence-corrected chi connectivity index (χ2v) is 6.08. The van der Waals surface area contributed by atoms with Crippen LogP contribution in [0.15, 0.2) is 47.5 Å². The number of aliphatic imine (C=N–C) groups is 1. The maximum Gasteiger partial charge on any atom is 0.231 e. The summed E-state index contributed by atoms with van der Waals surface area (Å²) in [5.74, 6) is 2.68. The van der Waals surface area contributed by atoms with Gasteiger partial charge in [0.25, 0.3) is 0 Å². The van der Waals surface area contributed by atoms with Gasteiger partial charge in [-0.05, 0) is 55.2 Å². The molecule has 0 unspecified atom stereocenters. The van der Waals surface area contributed by atoms with E-state index in [9.17, 15) is 5.11 Å². The normalized spacial score (nSPS) is 12.4. The van der Waals surface area contributed by atoms with Crippen molar-refractivity contribution >= 4 is 29.9 Å². The Balaban J connectivity index is 0.00000261. The first-order chi connectivity index (χ1) is 12.7. The van der Waals surface area contributed by atoms with Crippen molar-refractivity contribution in [3.05, 3.63) is 53.6 Å². The fraction of sp³-hybridized carbons (Fsp3) is 0.350. The fourth-order valence-corrected chi connectivity index (χ4v) is 2.71. The van der Waals surface area contributed by atoms with Crippen molar-refractivity contribution in [2.24, 2.45) is 4.99 Å². The number of hydrogen-bond acceptors (Lipinski definition) is 4. The minimum atomic E-state index is 0. The summed E-state index contributed by atoms with van der Waals surface area (Å²) >= 11 is 0. The first-order valence-electron chi connectivity index (χ1n) is 8.93. The van der Waals surface area contributed by atoms with E-state index >= 15 is 0 Å². The highest BCUT2D eigenvalue weighted by Crippen LogP contribution is 2.32. The maximum absolute atomic E-state index is 9.31. The highest BCUT2D eigenvalue weighted by molar-refractivity contribution is 14.0. The van der Waals surface area contributed by atoms with Crippen molar-refractivity contribution < 1.29 is 14.6 Å². The molecule has 0 saturated carbocycles. The molecule has 27 heavy (non-hydrogen) atoms. The Bertz CT molecular complexity index is 751. The van der Waals surface area contributed by atoms with Gasteiger partial charge < -0.3 is 25.2 Å². The van der Waals surface area contributed by atoms with Crippen LogP contribution in [0.1, 0.15) is 24.5 Å². The van der Waals surface area contributed by atoms with Crippen LogP contribution in [0, 0.1) is 0 Å². The molecule has 0 aromatic heterocycles. The predicted octanol–water partition coefficient (Wildman–Crippen LogP) is 3.43. The van der Waals surface area contributed by atoms with E-state index in [4.69, 9.17) is 9.47 Å². The maximum atomic E-state index is 9.31. The number of phenolic OH excluding ortho intramolecular Hbond substituents is 1. The Labute approximate surface area is 177 Å². The third-order valence-corrected chi connectivity index (χ3v) is 4.07. The summed E-state index contributed by atoms with van der Waals surface area (Å²) in [6, 6.07) is 13.2. The summed E-state index contributed by atoms with van der Waals surface area (Å²) in [5, 5.41) is 15.9. The highest BCUT2D eigenvalue weighted by Gasteiger charge is 2.12. The number of halogens is 1. The molecule has 0 fully saturated rings. The van der Waals surface area contributed by atoms with Gasteiger partial charge >= 0.3 is 0 Å². The molecule has 3 rings (SSSR count). The predicted molar refractivity (Wildman–Crippen MR) is 117 cm³/mol. The number of rotatable bonds is 7. The standard InChI is InChI=1S/C20H25N3O3.HI/c1-2-21-20(22-11-3-4-15-5-8-17(24)9-6-15)23-13-16-7-10-18-19(12-16)26-14-25-18;/h5-10,12,24H,2-4,11,13-14H2,1H3,(H2,21,22,23);1H. The van der Waals surface area contributed by atoms with Crippen molar-refractivity contribution in [3.8, 4) is 17.2 Å². The smallest absolute Gasteiger partial charge is 0.231 e. The van der Waals surface area contributed by atoms with Crippen LogP contribution in [0.2, 0.25) is 0 Å². The summed E-state index contributed by atoms with van der Waals surface area (Å²) < 4.78 is 10.7. The molecule has 0 bridgehead atoms. The van der Waals surface area contributed by atoms with Gasteiger partial charge in [-0.1, -0.05) is 18.2 Å². The summed E-state index contributed by atoms with van der Waals surface area (Å²) in [6.45, 7) is 4.55. The first-order valence-corrected chi connectivity index (χ1v) is 8.93. The lowest BCUT2D eigenvalue weighted by Crippen LogP contribution is -2.37. The van der Waals surface area contributed by atoms with E-state index in [1.165, 1.54) is 5.56 Å². The van der Waals surface area contributed by atoms with E-state index in [0.717, 1.165) is 49.0 Å². The third-order valence-electron chi connectivity index (χ3n) is 4.07. The molecule has 7 heteroatoms. The van der Waals surface area contributed by atoms with Crippen LogP contribution in [-0.2, 0) is 13.0 Å². The summed E-state index contributed by atoms with van der Waals surface area (Å²) in [7, 11) is 0. The molecule has 1 aliphatic rings. The number of aryl methyl sites for hydroxylation is 1. The van der Waals surface area contributed by atoms with Gasteiger partial charge in [-0.2, -0.15) is 0 Å². The number of guanidine groups is 1. The van der Waals surface area contributed by atoms with Crippen LogP contribution in [-0.4, -0.2) is 30.9 Å². The number of fused-ring (bicyclic) bond motifs is 1. The molecule has 0 aliphatic carbocycles. The second-order valence-electron chi connectivity index (χ2n) is 6.08. The SMILES string of the molecule is CCNC(=NCc1ccc2c(c1)OCO2)NCCCc1ccc(O)cc1.I. The van der Waals surface area contributed by atoms with Gasteiger partial charge in [0.05, 0.1) is 6.54 Å². The van der Waals surface area contributed by atoms with Gasteiger partial charge in [-0.3, -0.25) is 0 Å². The topological polar surface area (TPSA) is 75.1 Å². The van der Waals surface area contributed by atoms with Gasteiger partial charge in [-0.25, -0.2) is 4.99 Å². The van der Waals surface area contributed by atoms with Crippen LogP contribution in [0.3, 0.4) is 0 Å². The fourth-order valence-electron chi connectivity index (χ4n) is 2.71. The van der Waals surface area contributed by atoms with Crippen molar-refractivity contribution in [3.63, 3.8) is 0 Å². The van der Waals surface area contributed by atoms with Gasteiger partial charge in [-0.15, -0.1) is 24.0 Å². The molecule has 2 aromatic rings. The molecule has 0 atom stereocenters. The van der Waals surface area contributed by atoms with E-state index in [0.29, 0.717) is 12.3 Å². The van der Waals surface area contributed by atoms with Crippen LogP contribution < -0.4 is 20.1 Å². The zero-order valence-corrected chi connectivity index (χ0v) is 17.7. The van der Waals surface area contributed by atoms with E-state index in [1.807, 2.05) is 37.3 Å². The lowest BCUT2D eigenvalue weighted by molar-refractivity contribution is 0.174. The molecule has 0 radical (unpaired) electrons. The lowest BCUT2D eigenvalue weighted by Gasteiger charge is -2.11. The number of nitrogens with zero attached hydrogens (tertiary/aromatic N) is 1. The molecular formula is C20H26IN3O3. The van der Waals surface area contributed by atoms with E-state index in [2.05, 4.69) is 15.6 Å². The molecule has 1 heterocycles. The Hall–Kier alpha value is -2.16. The zero-order valence-electron chi connectivity index (χ0n) is 15.4. The van der Waals surface area contributed by atoms with Gasteiger partial charge in [0.1, 0.15) is 5.75 Å². The van der Waals surface area contributed by atoms with Crippen LogP contribution in [0.4, 0.5) is 0 Å². The van der Waals surface area contributed by atoms with E-state index in [-0.39, 0.29) is 30.8 Å². The number of nitrogens with one attached hydrogen (secondary N) is 2. The molecule has 0 spiro atoms. The van der Waals surface area contributed by atoms with Crippen LogP contribution >= 0.6 is 24.0 Å². The van der Waals surface area contributed by atoms with Gasteiger partial charge in [0, 0.05) is 13.1 Å². The first kappa shape index (κ1) is 21.1. The number of hydrogen-bond donors (Lipinski definition) is 3. The van der Waals surface area contributed by atoms with Gasteiger partial charge in [0.2, 0.25) is 6.79 Å². The average Bonchev–Trinajstić information content (AvgIpc) is 3.12. The highest BCUT2D eigenvalue weighted by atomic mass is 127. The number of phenols is 1. The molecule has 3 N–H and O–H groups in total. The summed E-state index contributed by atoms with van der Waals surface area (Å²) in [4.78, 5) is 4.63. The summed E-state index contributed by atoms with van der Waals surface area (Å²) in [5.41, 5.74) is 2.29. The summed E-state index contributed by atoms with van der Waals surface area (Å²) in [6.07, 6.45) is 1.94. The van der Waals surface area contributed by atoms with Crippen molar-refractivity contribution in [2.45, 2.75) is 26.3 Å². The molecule has 2 aromatic carbocycles. The number of benzene rings is 2. The largest absolute Gasteiger partial charge is 0.508 e. The minimum absolute atomic E-state index is 0. The Kier molecular flexibility index (Phi) is 8.50. The van der Waals surface area contributed by atoms with Crippen LogP contribution in [0.25, 0.3) is 0 Å². The minimum Gasteiger partial charge on any atom is -0.508 e. The number of aromatic hydroxyl groups is 1. The molecule has 146 valence electrons. The van der Waals surface area contributed by atoms with E-state index < -0.39 is 0 Å². The third kappa shape index (κ3) is 6.50. The quantitative estimate of drug-likeness (QED) is 0.244. The molecule has 0 saturated heterocycles. The Morgan fingerprint density at radius 1 is 1.04 bits per heavy atom. The molecular weight excluding hydrogens is 457 g/mol. The van der Waals surface area contributed by atoms with Crippen molar-refractivity contribution in [2.75, 3.05) is 19.9 Å². The van der Waals surface area contributed by atoms with Gasteiger partial charge in [0.15, 0.2) is 17.5 Å². The zero-order chi connectivity index (χ0) is 18.2. The van der Waals surface area contributed by atoms with Crippen LogP contribution in [0.5, 0.6) is 17.2 Å². The molecule has 6 nitrogen and oxygen atoms in total. The molecule has 0 amide bonds. The lowest BCUT2D eigenvalue weighted by atomic mass is 10.1. The average molecular weight is 483 g/mol. The van der Waals surface area contributed by atoms with Crippen molar-refractivity contribution in [1.29, 1.82) is 0 Å². The van der Waals surface area contributed by atoms with Crippen molar-refractivity contribution in [1.82, 2.24) is 10.6 Å². The second kappa shape index (κ2) is 10.9. The van der Waals surface area contributed by atoms with E-state index in [1.54, 1.807) is 12.1 Å². The number of ether oxygens (including phenoxy) is 2.